The van der Waals surface area contributed by atoms with Gasteiger partial charge in [0, 0.05) is 19.3 Å². The Morgan fingerprint density at radius 3 is 2.75 bits per heavy atom. The van der Waals surface area contributed by atoms with Crippen LogP contribution in [0.4, 0.5) is 5.69 Å². The highest BCUT2D eigenvalue weighted by Gasteiger charge is 2.25. The number of carbonyl (C=O) groups is 1. The molecule has 0 saturated heterocycles. The molecule has 0 atom stereocenters. The van der Waals surface area contributed by atoms with Gasteiger partial charge in [0.1, 0.15) is 0 Å². The molecule has 0 aliphatic heterocycles. The number of carboxylic acids is 1. The number of pyridine rings is 1. The maximum absolute atomic E-state index is 12.1. The molecule has 0 radical (unpaired) electrons. The van der Waals surface area contributed by atoms with Crippen molar-refractivity contribution in [1.82, 2.24) is 9.55 Å². The molecule has 0 bridgehead atoms. The third-order valence-corrected chi connectivity index (χ3v) is 5.07. The van der Waals surface area contributed by atoms with E-state index in [4.69, 9.17) is 5.11 Å². The van der Waals surface area contributed by atoms with Crippen molar-refractivity contribution < 1.29 is 18.3 Å². The average Bonchev–Trinajstić information content (AvgIpc) is 2.83. The first-order valence-corrected chi connectivity index (χ1v) is 7.54. The third kappa shape index (κ3) is 2.70. The Kier molecular flexibility index (Phi) is 3.59. The molecule has 2 heterocycles. The molecule has 0 aliphatic rings. The van der Waals surface area contributed by atoms with Crippen LogP contribution < -0.4 is 10.3 Å². The largest absolute Gasteiger partial charge is 0.476 e. The number of aromatic nitrogens is 2. The van der Waals surface area contributed by atoms with Crippen molar-refractivity contribution >= 4 is 33.0 Å². The van der Waals surface area contributed by atoms with Crippen LogP contribution in [0.5, 0.6) is 0 Å². The Bertz CT molecular complexity index is 821. The maximum atomic E-state index is 12.1. The molecule has 0 unspecified atom stereocenters. The van der Waals surface area contributed by atoms with Gasteiger partial charge in [-0.3, -0.25) is 9.52 Å². The van der Waals surface area contributed by atoms with Gasteiger partial charge < -0.3 is 9.67 Å². The first-order chi connectivity index (χ1) is 9.31. The third-order valence-electron chi connectivity index (χ3n) is 2.32. The number of nitrogens with zero attached hydrogens (tertiary/aromatic N) is 2. The summed E-state index contributed by atoms with van der Waals surface area (Å²) >= 11 is 0.700. The second-order valence-corrected chi connectivity index (χ2v) is 6.50. The fraction of sp³-hybridized carbons (Fsp3) is 0.100. The summed E-state index contributed by atoms with van der Waals surface area (Å²) < 4.78 is 27.2. The number of thiazole rings is 1. The molecule has 2 aromatic rings. The van der Waals surface area contributed by atoms with Gasteiger partial charge in [-0.25, -0.2) is 18.2 Å². The van der Waals surface area contributed by atoms with Crippen LogP contribution in [-0.4, -0.2) is 29.0 Å². The Morgan fingerprint density at radius 2 is 2.15 bits per heavy atom. The maximum Gasteiger partial charge on any atom is 0.356 e. The van der Waals surface area contributed by atoms with Gasteiger partial charge in [0.15, 0.2) is 9.90 Å². The zero-order valence-electron chi connectivity index (χ0n) is 10.1. The Labute approximate surface area is 117 Å². The molecule has 0 saturated carbocycles. The Morgan fingerprint density at radius 1 is 1.45 bits per heavy atom. The lowest BCUT2D eigenvalue weighted by Gasteiger charge is -2.07. The van der Waals surface area contributed by atoms with E-state index in [0.29, 0.717) is 11.3 Å². The monoisotopic (exact) mass is 315 g/mol. The van der Waals surface area contributed by atoms with Gasteiger partial charge in [-0.1, -0.05) is 0 Å². The first-order valence-electron chi connectivity index (χ1n) is 5.17. The highest BCUT2D eigenvalue weighted by atomic mass is 32.2. The summed E-state index contributed by atoms with van der Waals surface area (Å²) in [5, 5.41) is 8.87. The minimum Gasteiger partial charge on any atom is -0.476 e. The van der Waals surface area contributed by atoms with Crippen LogP contribution in [-0.2, 0) is 17.1 Å². The molecule has 8 nitrogen and oxygen atoms in total. The Balaban J connectivity index is 2.40. The van der Waals surface area contributed by atoms with Gasteiger partial charge in [0.05, 0.1) is 11.2 Å². The zero-order valence-corrected chi connectivity index (χ0v) is 11.7. The van der Waals surface area contributed by atoms with Crippen molar-refractivity contribution in [2.24, 2.45) is 7.05 Å². The molecule has 10 heteroatoms. The van der Waals surface area contributed by atoms with E-state index < -0.39 is 21.7 Å². The number of hydrogen-bond donors (Lipinski definition) is 2. The lowest BCUT2D eigenvalue weighted by atomic mass is 10.4. The molecule has 0 amide bonds. The molecule has 0 aromatic carbocycles. The van der Waals surface area contributed by atoms with Gasteiger partial charge in [-0.2, -0.15) is 0 Å². The molecule has 2 N–H and O–H groups in total. The molecule has 2 aromatic heterocycles. The van der Waals surface area contributed by atoms with E-state index in [1.54, 1.807) is 0 Å². The second kappa shape index (κ2) is 5.06. The normalized spacial score (nSPS) is 11.2. The van der Waals surface area contributed by atoms with Crippen LogP contribution in [0.2, 0.25) is 0 Å². The first kappa shape index (κ1) is 14.2. The molecule has 0 spiro atoms. The molecular formula is C10H9N3O5S2. The summed E-state index contributed by atoms with van der Waals surface area (Å²) in [4.78, 5) is 25.6. The number of aryl methyl sites for hydroxylation is 1. The van der Waals surface area contributed by atoms with E-state index in [9.17, 15) is 18.0 Å². The van der Waals surface area contributed by atoms with Crippen LogP contribution in [0.25, 0.3) is 0 Å². The van der Waals surface area contributed by atoms with E-state index in [1.165, 1.54) is 29.9 Å². The number of anilines is 1. The lowest BCUT2D eigenvalue weighted by Crippen LogP contribution is -2.19. The highest BCUT2D eigenvalue weighted by Crippen LogP contribution is 2.22. The molecule has 2 rings (SSSR count). The standard InChI is InChI=1S/C10H9N3O5S2/c1-13-4-6(2-3-7(13)14)12-20(17,18)10-8(9(15)16)11-5-19-10/h2-5,12H,1H3,(H,15,16). The van der Waals surface area contributed by atoms with Crippen molar-refractivity contribution in [2.45, 2.75) is 4.21 Å². The zero-order chi connectivity index (χ0) is 14.9. The number of rotatable bonds is 4. The summed E-state index contributed by atoms with van der Waals surface area (Å²) in [5.41, 5.74) is 0.458. The predicted molar refractivity (Wildman–Crippen MR) is 71.6 cm³/mol. The van der Waals surface area contributed by atoms with Crippen molar-refractivity contribution in [2.75, 3.05) is 4.72 Å². The summed E-state index contributed by atoms with van der Waals surface area (Å²) in [6, 6.07) is 2.49. The SMILES string of the molecule is Cn1cc(NS(=O)(=O)c2scnc2C(=O)O)ccc1=O. The van der Waals surface area contributed by atoms with Gasteiger partial charge in [-0.05, 0) is 6.07 Å². The van der Waals surface area contributed by atoms with Crippen molar-refractivity contribution in [3.05, 3.63) is 39.9 Å². The van der Waals surface area contributed by atoms with Crippen molar-refractivity contribution in [3.63, 3.8) is 0 Å². The van der Waals surface area contributed by atoms with E-state index in [2.05, 4.69) is 9.71 Å². The van der Waals surface area contributed by atoms with Crippen LogP contribution in [0.1, 0.15) is 10.5 Å². The van der Waals surface area contributed by atoms with E-state index in [1.807, 2.05) is 0 Å². The fourth-order valence-electron chi connectivity index (χ4n) is 1.42. The van der Waals surface area contributed by atoms with Gasteiger partial charge >= 0.3 is 5.97 Å². The van der Waals surface area contributed by atoms with E-state index >= 15 is 0 Å². The average molecular weight is 315 g/mol. The number of nitrogens with one attached hydrogen (secondary N) is 1. The van der Waals surface area contributed by atoms with Crippen molar-refractivity contribution in [1.29, 1.82) is 0 Å². The smallest absolute Gasteiger partial charge is 0.356 e. The van der Waals surface area contributed by atoms with Crippen LogP contribution >= 0.6 is 11.3 Å². The number of carboxylic acid groups (broad SMARTS) is 1. The van der Waals surface area contributed by atoms with Gasteiger partial charge in [-0.15, -0.1) is 11.3 Å². The lowest BCUT2D eigenvalue weighted by molar-refractivity contribution is 0.0687. The number of aromatic carboxylic acids is 1. The number of hydrogen-bond acceptors (Lipinski definition) is 6. The molecule has 106 valence electrons. The van der Waals surface area contributed by atoms with E-state index in [0.717, 1.165) is 5.51 Å². The second-order valence-electron chi connectivity index (χ2n) is 3.77. The van der Waals surface area contributed by atoms with E-state index in [-0.39, 0.29) is 15.5 Å². The quantitative estimate of drug-likeness (QED) is 0.840. The summed E-state index contributed by atoms with van der Waals surface area (Å²) in [7, 11) is -2.60. The van der Waals surface area contributed by atoms with Crippen molar-refractivity contribution in [3.8, 4) is 0 Å². The Hall–Kier alpha value is -2.20. The van der Waals surface area contributed by atoms with Crippen LogP contribution in [0, 0.1) is 0 Å². The minimum absolute atomic E-state index is 0.150. The van der Waals surface area contributed by atoms with Crippen LogP contribution in [0.3, 0.4) is 0 Å². The van der Waals surface area contributed by atoms with Crippen LogP contribution in [0.15, 0.2) is 32.8 Å². The topological polar surface area (TPSA) is 118 Å². The summed E-state index contributed by atoms with van der Waals surface area (Å²) in [6.45, 7) is 0. The minimum atomic E-state index is -4.07. The predicted octanol–water partition coefficient (Wildman–Crippen LogP) is 0.341. The number of sulfonamides is 1. The van der Waals surface area contributed by atoms with Gasteiger partial charge in [0.25, 0.3) is 10.0 Å². The highest BCUT2D eigenvalue weighted by molar-refractivity contribution is 7.94. The molecule has 20 heavy (non-hydrogen) atoms. The summed E-state index contributed by atoms with van der Waals surface area (Å²) in [6.07, 6.45) is 1.29. The molecular weight excluding hydrogens is 306 g/mol. The molecule has 0 aliphatic carbocycles. The fourth-order valence-corrected chi connectivity index (χ4v) is 3.61. The van der Waals surface area contributed by atoms with Gasteiger partial charge in [0.2, 0.25) is 5.56 Å². The summed E-state index contributed by atoms with van der Waals surface area (Å²) in [5.74, 6) is -1.42. The molecule has 0 fully saturated rings.